The lowest BCUT2D eigenvalue weighted by molar-refractivity contribution is 0.450. The molecule has 1 N–H and O–H groups in total. The van der Waals surface area contributed by atoms with E-state index in [4.69, 9.17) is 4.74 Å². The zero-order valence-electron chi connectivity index (χ0n) is 11.2. The molecule has 0 saturated carbocycles. The lowest BCUT2D eigenvalue weighted by atomic mass is 10.3. The molecule has 2 aromatic rings. The number of rotatable bonds is 5. The maximum absolute atomic E-state index is 13.4. The van der Waals surface area contributed by atoms with Gasteiger partial charge >= 0.3 is 0 Å². The van der Waals surface area contributed by atoms with Crippen LogP contribution in [-0.2, 0) is 6.54 Å². The Labute approximate surface area is 125 Å². The second-order valence-corrected chi connectivity index (χ2v) is 5.42. The number of halogens is 2. The first-order valence-electron chi connectivity index (χ1n) is 6.22. The van der Waals surface area contributed by atoms with Crippen molar-refractivity contribution in [2.24, 2.45) is 0 Å². The average Bonchev–Trinajstić information content (AvgIpc) is 2.41. The van der Waals surface area contributed by atoms with Crippen molar-refractivity contribution in [2.45, 2.75) is 26.4 Å². The van der Waals surface area contributed by atoms with Crippen molar-refractivity contribution in [3.8, 4) is 11.6 Å². The van der Waals surface area contributed by atoms with Crippen molar-refractivity contribution >= 4 is 15.9 Å². The third-order valence-electron chi connectivity index (χ3n) is 2.47. The summed E-state index contributed by atoms with van der Waals surface area (Å²) >= 11 is 3.09. The molecule has 0 aliphatic rings. The standard InChI is InChI=1S/C14H15BrFN3O/c1-9(2)18-7-10-6-17-8-14(19-10)20-11-3-4-12(15)13(16)5-11/h3-6,8-9,18H,7H2,1-2H3. The fourth-order valence-corrected chi connectivity index (χ4v) is 1.74. The van der Waals surface area contributed by atoms with Crippen LogP contribution in [0.25, 0.3) is 0 Å². The molecule has 1 heterocycles. The summed E-state index contributed by atoms with van der Waals surface area (Å²) in [4.78, 5) is 8.38. The third-order valence-corrected chi connectivity index (χ3v) is 3.11. The fraction of sp³-hybridized carbons (Fsp3) is 0.286. The van der Waals surface area contributed by atoms with E-state index >= 15 is 0 Å². The van der Waals surface area contributed by atoms with E-state index in [0.29, 0.717) is 28.7 Å². The Morgan fingerprint density at radius 3 is 2.85 bits per heavy atom. The molecule has 0 fully saturated rings. The zero-order valence-corrected chi connectivity index (χ0v) is 12.8. The molecule has 0 aliphatic carbocycles. The van der Waals surface area contributed by atoms with Gasteiger partial charge in [-0.15, -0.1) is 0 Å². The van der Waals surface area contributed by atoms with Crippen LogP contribution in [-0.4, -0.2) is 16.0 Å². The predicted octanol–water partition coefficient (Wildman–Crippen LogP) is 3.67. The smallest absolute Gasteiger partial charge is 0.238 e. The molecule has 0 aliphatic heterocycles. The van der Waals surface area contributed by atoms with Gasteiger partial charge in [0.15, 0.2) is 0 Å². The van der Waals surface area contributed by atoms with Gasteiger partial charge < -0.3 is 10.1 Å². The maximum Gasteiger partial charge on any atom is 0.238 e. The Bertz CT molecular complexity index is 592. The maximum atomic E-state index is 13.4. The van der Waals surface area contributed by atoms with E-state index < -0.39 is 0 Å². The molecule has 1 aromatic heterocycles. The summed E-state index contributed by atoms with van der Waals surface area (Å²) in [5.41, 5.74) is 0.772. The lowest BCUT2D eigenvalue weighted by Gasteiger charge is -2.09. The number of ether oxygens (including phenoxy) is 1. The summed E-state index contributed by atoms with van der Waals surface area (Å²) in [6.07, 6.45) is 3.17. The first kappa shape index (κ1) is 14.9. The minimum atomic E-state index is -0.381. The molecule has 6 heteroatoms. The van der Waals surface area contributed by atoms with E-state index in [-0.39, 0.29) is 5.82 Å². The second kappa shape index (κ2) is 6.76. The van der Waals surface area contributed by atoms with Crippen molar-refractivity contribution in [1.82, 2.24) is 15.3 Å². The molecule has 20 heavy (non-hydrogen) atoms. The summed E-state index contributed by atoms with van der Waals surface area (Å²) < 4.78 is 19.3. The van der Waals surface area contributed by atoms with Gasteiger partial charge in [-0.2, -0.15) is 0 Å². The van der Waals surface area contributed by atoms with Gasteiger partial charge in [0.25, 0.3) is 0 Å². The third kappa shape index (κ3) is 4.25. The number of benzene rings is 1. The number of hydrogen-bond donors (Lipinski definition) is 1. The number of nitrogens with zero attached hydrogens (tertiary/aromatic N) is 2. The Morgan fingerprint density at radius 2 is 2.15 bits per heavy atom. The SMILES string of the molecule is CC(C)NCc1cncc(Oc2ccc(Br)c(F)c2)n1. The van der Waals surface area contributed by atoms with Crippen molar-refractivity contribution in [1.29, 1.82) is 0 Å². The van der Waals surface area contributed by atoms with Crippen LogP contribution in [0.3, 0.4) is 0 Å². The van der Waals surface area contributed by atoms with Crippen LogP contribution in [0.1, 0.15) is 19.5 Å². The van der Waals surface area contributed by atoms with Gasteiger partial charge in [0.2, 0.25) is 5.88 Å². The van der Waals surface area contributed by atoms with E-state index in [1.165, 1.54) is 12.3 Å². The summed E-state index contributed by atoms with van der Waals surface area (Å²) in [5, 5.41) is 3.25. The topological polar surface area (TPSA) is 47.0 Å². The Morgan fingerprint density at radius 1 is 1.35 bits per heavy atom. The molecular weight excluding hydrogens is 325 g/mol. The van der Waals surface area contributed by atoms with E-state index in [0.717, 1.165) is 5.69 Å². The van der Waals surface area contributed by atoms with E-state index in [2.05, 4.69) is 45.1 Å². The second-order valence-electron chi connectivity index (χ2n) is 4.56. The van der Waals surface area contributed by atoms with Gasteiger partial charge in [0, 0.05) is 24.8 Å². The van der Waals surface area contributed by atoms with Crippen LogP contribution in [0.2, 0.25) is 0 Å². The Hall–Kier alpha value is -1.53. The summed E-state index contributed by atoms with van der Waals surface area (Å²) in [7, 11) is 0. The van der Waals surface area contributed by atoms with Crippen LogP contribution in [0, 0.1) is 5.82 Å². The molecule has 1 aromatic carbocycles. The zero-order chi connectivity index (χ0) is 14.5. The van der Waals surface area contributed by atoms with Gasteiger partial charge in [0.05, 0.1) is 16.4 Å². The molecule has 0 radical (unpaired) electrons. The highest BCUT2D eigenvalue weighted by Crippen LogP contribution is 2.24. The van der Waals surface area contributed by atoms with Crippen molar-refractivity contribution in [3.63, 3.8) is 0 Å². The molecule has 4 nitrogen and oxygen atoms in total. The van der Waals surface area contributed by atoms with Crippen LogP contribution < -0.4 is 10.1 Å². The predicted molar refractivity (Wildman–Crippen MR) is 78.2 cm³/mol. The minimum absolute atomic E-state index is 0.342. The highest BCUT2D eigenvalue weighted by atomic mass is 79.9. The van der Waals surface area contributed by atoms with Crippen LogP contribution >= 0.6 is 15.9 Å². The molecule has 0 bridgehead atoms. The van der Waals surface area contributed by atoms with Crippen molar-refractivity contribution in [3.05, 3.63) is 46.6 Å². The monoisotopic (exact) mass is 339 g/mol. The normalized spacial score (nSPS) is 10.8. The van der Waals surface area contributed by atoms with E-state index in [1.807, 2.05) is 0 Å². The summed E-state index contributed by atoms with van der Waals surface area (Å²) in [5.74, 6) is 0.344. The first-order valence-corrected chi connectivity index (χ1v) is 7.01. The van der Waals surface area contributed by atoms with Gasteiger partial charge in [0.1, 0.15) is 11.6 Å². The van der Waals surface area contributed by atoms with Gasteiger partial charge in [-0.3, -0.25) is 4.98 Å². The molecule has 106 valence electrons. The van der Waals surface area contributed by atoms with Crippen LogP contribution in [0.15, 0.2) is 35.1 Å². The number of aromatic nitrogens is 2. The van der Waals surface area contributed by atoms with Gasteiger partial charge in [-0.25, -0.2) is 9.37 Å². The number of nitrogens with one attached hydrogen (secondary N) is 1. The Balaban J connectivity index is 2.08. The van der Waals surface area contributed by atoms with E-state index in [1.54, 1.807) is 18.3 Å². The molecule has 0 unspecified atom stereocenters. The highest BCUT2D eigenvalue weighted by molar-refractivity contribution is 9.10. The van der Waals surface area contributed by atoms with Gasteiger partial charge in [-0.05, 0) is 28.1 Å². The molecule has 0 saturated heterocycles. The average molecular weight is 340 g/mol. The van der Waals surface area contributed by atoms with Crippen molar-refractivity contribution < 1.29 is 9.13 Å². The molecule has 0 amide bonds. The van der Waals surface area contributed by atoms with E-state index in [9.17, 15) is 4.39 Å². The largest absolute Gasteiger partial charge is 0.437 e. The minimum Gasteiger partial charge on any atom is -0.437 e. The van der Waals surface area contributed by atoms with Gasteiger partial charge in [-0.1, -0.05) is 13.8 Å². The molecule has 0 atom stereocenters. The van der Waals surface area contributed by atoms with Crippen LogP contribution in [0.5, 0.6) is 11.6 Å². The lowest BCUT2D eigenvalue weighted by Crippen LogP contribution is -2.22. The number of hydrogen-bond acceptors (Lipinski definition) is 4. The highest BCUT2D eigenvalue weighted by Gasteiger charge is 2.05. The molecule has 2 rings (SSSR count). The fourth-order valence-electron chi connectivity index (χ4n) is 1.49. The summed E-state index contributed by atoms with van der Waals surface area (Å²) in [6.45, 7) is 4.72. The Kier molecular flexibility index (Phi) is 5.03. The molecule has 0 spiro atoms. The quantitative estimate of drug-likeness (QED) is 0.902. The van der Waals surface area contributed by atoms with Crippen LogP contribution in [0.4, 0.5) is 4.39 Å². The first-order chi connectivity index (χ1) is 9.54. The summed E-state index contributed by atoms with van der Waals surface area (Å²) in [6, 6.07) is 4.91. The molecular formula is C14H15BrFN3O. The van der Waals surface area contributed by atoms with Crippen molar-refractivity contribution in [2.75, 3.05) is 0 Å².